The Morgan fingerprint density at radius 2 is 1.93 bits per heavy atom. The predicted molar refractivity (Wildman–Crippen MR) is 64.7 cm³/mol. The van der Waals surface area contributed by atoms with E-state index in [1.54, 1.807) is 0 Å². The maximum atomic E-state index is 3.51. The summed E-state index contributed by atoms with van der Waals surface area (Å²) in [6, 6.07) is 0. The van der Waals surface area contributed by atoms with Crippen LogP contribution >= 0.6 is 0 Å². The summed E-state index contributed by atoms with van der Waals surface area (Å²) < 4.78 is 0. The summed E-state index contributed by atoms with van der Waals surface area (Å²) >= 11 is 0. The van der Waals surface area contributed by atoms with E-state index in [1.807, 2.05) is 13.8 Å². The number of hydrogen-bond acceptors (Lipinski definition) is 2. The Hall–Kier alpha value is -0.0800. The molecule has 0 spiro atoms. The molecule has 1 N–H and O–H groups in total. The van der Waals surface area contributed by atoms with Crippen molar-refractivity contribution in [3.8, 4) is 0 Å². The quantitative estimate of drug-likeness (QED) is 0.752. The Bertz CT molecular complexity index is 126. The molecule has 1 atom stereocenters. The highest BCUT2D eigenvalue weighted by Gasteiger charge is 2.30. The average Bonchev–Trinajstić information content (AvgIpc) is 2.21. The zero-order valence-corrected chi connectivity index (χ0v) is 10.7. The van der Waals surface area contributed by atoms with E-state index in [0.29, 0.717) is 5.41 Å². The van der Waals surface area contributed by atoms with Crippen molar-refractivity contribution in [2.24, 2.45) is 5.41 Å². The van der Waals surface area contributed by atoms with Gasteiger partial charge in [-0.3, -0.25) is 0 Å². The molecule has 1 aliphatic rings. The van der Waals surface area contributed by atoms with Crippen molar-refractivity contribution in [3.63, 3.8) is 0 Å². The molecule has 1 fully saturated rings. The van der Waals surface area contributed by atoms with Crippen LogP contribution in [0.15, 0.2) is 0 Å². The maximum absolute atomic E-state index is 3.51. The largest absolute Gasteiger partial charge is 0.316 e. The summed E-state index contributed by atoms with van der Waals surface area (Å²) in [5.74, 6) is 0. The van der Waals surface area contributed by atoms with Crippen molar-refractivity contribution in [2.75, 3.05) is 33.7 Å². The molecule has 1 saturated heterocycles. The molecular formula is C12H28N2. The van der Waals surface area contributed by atoms with Gasteiger partial charge in [0.2, 0.25) is 0 Å². The van der Waals surface area contributed by atoms with Crippen LogP contribution in [0.2, 0.25) is 0 Å². The van der Waals surface area contributed by atoms with Crippen molar-refractivity contribution < 1.29 is 0 Å². The van der Waals surface area contributed by atoms with Gasteiger partial charge in [0.25, 0.3) is 0 Å². The summed E-state index contributed by atoms with van der Waals surface area (Å²) in [4.78, 5) is 2.32. The van der Waals surface area contributed by atoms with Crippen molar-refractivity contribution in [2.45, 2.75) is 40.0 Å². The molecule has 2 nitrogen and oxygen atoms in total. The third-order valence-electron chi connectivity index (χ3n) is 2.96. The van der Waals surface area contributed by atoms with Gasteiger partial charge in [-0.25, -0.2) is 0 Å². The molecule has 0 saturated carbocycles. The van der Waals surface area contributed by atoms with Gasteiger partial charge in [0, 0.05) is 13.1 Å². The summed E-state index contributed by atoms with van der Waals surface area (Å²) in [6.45, 7) is 9.98. The highest BCUT2D eigenvalue weighted by molar-refractivity contribution is 4.86. The van der Waals surface area contributed by atoms with Crippen LogP contribution < -0.4 is 5.32 Å². The SMILES string of the molecule is CC.CCC1(CN(C)C)CCCNC1. The number of nitrogens with zero attached hydrogens (tertiary/aromatic N) is 1. The third-order valence-corrected chi connectivity index (χ3v) is 2.96. The van der Waals surface area contributed by atoms with Crippen LogP contribution in [0.5, 0.6) is 0 Å². The lowest BCUT2D eigenvalue weighted by Gasteiger charge is -2.39. The highest BCUT2D eigenvalue weighted by Crippen LogP contribution is 2.30. The first-order valence-corrected chi connectivity index (χ1v) is 6.04. The van der Waals surface area contributed by atoms with Gasteiger partial charge in [-0.2, -0.15) is 0 Å². The molecule has 0 aromatic heterocycles. The molecule has 1 rings (SSSR count). The van der Waals surface area contributed by atoms with Crippen LogP contribution in [0.1, 0.15) is 40.0 Å². The minimum Gasteiger partial charge on any atom is -0.316 e. The van der Waals surface area contributed by atoms with Gasteiger partial charge >= 0.3 is 0 Å². The van der Waals surface area contributed by atoms with E-state index in [9.17, 15) is 0 Å². The van der Waals surface area contributed by atoms with Gasteiger partial charge in [0.15, 0.2) is 0 Å². The molecule has 1 aliphatic heterocycles. The fraction of sp³-hybridized carbons (Fsp3) is 1.00. The predicted octanol–water partition coefficient (Wildman–Crippen LogP) is 2.35. The molecule has 0 aromatic carbocycles. The Labute approximate surface area is 90.1 Å². The molecule has 0 aliphatic carbocycles. The van der Waals surface area contributed by atoms with Gasteiger partial charge in [-0.05, 0) is 45.3 Å². The Morgan fingerprint density at radius 1 is 1.29 bits per heavy atom. The molecular weight excluding hydrogens is 172 g/mol. The van der Waals surface area contributed by atoms with Crippen molar-refractivity contribution in [3.05, 3.63) is 0 Å². The van der Waals surface area contributed by atoms with E-state index in [4.69, 9.17) is 0 Å². The number of hydrogen-bond donors (Lipinski definition) is 1. The van der Waals surface area contributed by atoms with Crippen LogP contribution in [-0.4, -0.2) is 38.6 Å². The van der Waals surface area contributed by atoms with Crippen LogP contribution in [-0.2, 0) is 0 Å². The van der Waals surface area contributed by atoms with Crippen LogP contribution in [0.4, 0.5) is 0 Å². The molecule has 1 heterocycles. The van der Waals surface area contributed by atoms with E-state index in [1.165, 1.54) is 38.9 Å². The molecule has 0 aromatic rings. The highest BCUT2D eigenvalue weighted by atomic mass is 15.1. The van der Waals surface area contributed by atoms with E-state index in [-0.39, 0.29) is 0 Å². The van der Waals surface area contributed by atoms with Crippen LogP contribution in [0.25, 0.3) is 0 Å². The third kappa shape index (κ3) is 4.43. The van der Waals surface area contributed by atoms with Gasteiger partial charge in [-0.15, -0.1) is 0 Å². The lowest BCUT2D eigenvalue weighted by molar-refractivity contribution is 0.143. The van der Waals surface area contributed by atoms with Crippen molar-refractivity contribution >= 4 is 0 Å². The second-order valence-electron chi connectivity index (χ2n) is 4.37. The zero-order chi connectivity index (χ0) is 11.0. The fourth-order valence-electron chi connectivity index (χ4n) is 2.25. The van der Waals surface area contributed by atoms with Crippen molar-refractivity contribution in [1.82, 2.24) is 10.2 Å². The first kappa shape index (κ1) is 13.9. The molecule has 0 amide bonds. The lowest BCUT2D eigenvalue weighted by Crippen LogP contribution is -2.45. The second kappa shape index (κ2) is 7.24. The minimum absolute atomic E-state index is 0.557. The normalized spacial score (nSPS) is 27.0. The van der Waals surface area contributed by atoms with E-state index < -0.39 is 0 Å². The average molecular weight is 200 g/mol. The monoisotopic (exact) mass is 200 g/mol. The smallest absolute Gasteiger partial charge is 0.00439 e. The number of piperidine rings is 1. The van der Waals surface area contributed by atoms with E-state index >= 15 is 0 Å². The van der Waals surface area contributed by atoms with Gasteiger partial charge in [0.1, 0.15) is 0 Å². The second-order valence-corrected chi connectivity index (χ2v) is 4.37. The lowest BCUT2D eigenvalue weighted by atomic mass is 9.78. The van der Waals surface area contributed by atoms with Gasteiger partial charge in [-0.1, -0.05) is 20.8 Å². The number of nitrogens with one attached hydrogen (secondary N) is 1. The Morgan fingerprint density at radius 3 is 2.29 bits per heavy atom. The molecule has 1 unspecified atom stereocenters. The summed E-state index contributed by atoms with van der Waals surface area (Å²) in [7, 11) is 4.35. The molecule has 86 valence electrons. The molecule has 0 radical (unpaired) electrons. The van der Waals surface area contributed by atoms with Crippen molar-refractivity contribution in [1.29, 1.82) is 0 Å². The summed E-state index contributed by atoms with van der Waals surface area (Å²) in [5, 5.41) is 3.51. The molecule has 2 heteroatoms. The minimum atomic E-state index is 0.557. The molecule has 14 heavy (non-hydrogen) atoms. The van der Waals surface area contributed by atoms with E-state index in [2.05, 4.69) is 31.2 Å². The Balaban J connectivity index is 0.000000791. The summed E-state index contributed by atoms with van der Waals surface area (Å²) in [5.41, 5.74) is 0.557. The topological polar surface area (TPSA) is 15.3 Å². The Kier molecular flexibility index (Phi) is 7.20. The first-order chi connectivity index (χ1) is 6.68. The fourth-order valence-corrected chi connectivity index (χ4v) is 2.25. The van der Waals surface area contributed by atoms with E-state index in [0.717, 1.165) is 0 Å². The first-order valence-electron chi connectivity index (χ1n) is 6.04. The number of rotatable bonds is 3. The standard InChI is InChI=1S/C10H22N2.C2H6/c1-4-10(9-12(2)3)6-5-7-11-8-10;1-2/h11H,4-9H2,1-3H3;1-2H3. The van der Waals surface area contributed by atoms with Crippen LogP contribution in [0, 0.1) is 5.41 Å². The van der Waals surface area contributed by atoms with Crippen LogP contribution in [0.3, 0.4) is 0 Å². The van der Waals surface area contributed by atoms with Gasteiger partial charge in [0.05, 0.1) is 0 Å². The summed E-state index contributed by atoms with van der Waals surface area (Å²) in [6.07, 6.45) is 4.05. The van der Waals surface area contributed by atoms with Gasteiger partial charge < -0.3 is 10.2 Å². The zero-order valence-electron chi connectivity index (χ0n) is 10.7. The maximum Gasteiger partial charge on any atom is 0.00439 e. The molecule has 0 bridgehead atoms.